The van der Waals surface area contributed by atoms with Crippen molar-refractivity contribution in [2.24, 2.45) is 0 Å². The molecule has 26 heavy (non-hydrogen) atoms. The fourth-order valence-corrected chi connectivity index (χ4v) is 3.10. The second-order valence-electron chi connectivity index (χ2n) is 6.99. The minimum absolute atomic E-state index is 0.186. The maximum absolute atomic E-state index is 12.5. The lowest BCUT2D eigenvalue weighted by Gasteiger charge is -2.31. The predicted molar refractivity (Wildman–Crippen MR) is 101 cm³/mol. The highest BCUT2D eigenvalue weighted by Gasteiger charge is 2.34. The Labute approximate surface area is 154 Å². The molecule has 0 spiro atoms. The summed E-state index contributed by atoms with van der Waals surface area (Å²) in [6, 6.07) is 16.7. The van der Waals surface area contributed by atoms with Crippen molar-refractivity contribution in [3.05, 3.63) is 65.7 Å². The van der Waals surface area contributed by atoms with Crippen LogP contribution < -0.4 is 15.4 Å². The number of carbonyl (C=O) groups is 1. The summed E-state index contributed by atoms with van der Waals surface area (Å²) < 4.78 is 5.74. The molecule has 1 heterocycles. The maximum atomic E-state index is 12.5. The van der Waals surface area contributed by atoms with Gasteiger partial charge in [0.2, 0.25) is 0 Å². The van der Waals surface area contributed by atoms with Crippen molar-refractivity contribution in [3.63, 3.8) is 0 Å². The summed E-state index contributed by atoms with van der Waals surface area (Å²) >= 11 is 0. The Morgan fingerprint density at radius 3 is 2.69 bits per heavy atom. The Balaban J connectivity index is 1.58. The predicted octanol–water partition coefficient (Wildman–Crippen LogP) is 2.50. The van der Waals surface area contributed by atoms with E-state index < -0.39 is 5.60 Å². The van der Waals surface area contributed by atoms with Crippen LogP contribution in [0.1, 0.15) is 35.7 Å². The van der Waals surface area contributed by atoms with Crippen molar-refractivity contribution in [2.75, 3.05) is 13.1 Å². The van der Waals surface area contributed by atoms with Gasteiger partial charge in [0.1, 0.15) is 12.4 Å². The molecule has 1 aliphatic rings. The zero-order chi connectivity index (χ0) is 18.4. The highest BCUT2D eigenvalue weighted by atomic mass is 16.5. The van der Waals surface area contributed by atoms with E-state index in [1.54, 1.807) is 31.2 Å². The molecule has 3 N–H and O–H groups in total. The first-order valence-electron chi connectivity index (χ1n) is 9.05. The number of rotatable bonds is 5. The number of aliphatic hydroxyl groups is 1. The van der Waals surface area contributed by atoms with E-state index in [-0.39, 0.29) is 11.9 Å². The van der Waals surface area contributed by atoms with Gasteiger partial charge in [-0.2, -0.15) is 0 Å². The molecule has 0 bridgehead atoms. The van der Waals surface area contributed by atoms with Gasteiger partial charge in [-0.1, -0.05) is 30.3 Å². The summed E-state index contributed by atoms with van der Waals surface area (Å²) in [5.74, 6) is 0.530. The molecule has 138 valence electrons. The van der Waals surface area contributed by atoms with Crippen molar-refractivity contribution in [2.45, 2.75) is 38.0 Å². The van der Waals surface area contributed by atoms with Crippen molar-refractivity contribution < 1.29 is 14.6 Å². The fourth-order valence-electron chi connectivity index (χ4n) is 3.10. The smallest absolute Gasteiger partial charge is 0.251 e. The highest BCUT2D eigenvalue weighted by Crippen LogP contribution is 2.20. The standard InChI is InChI=1S/C21H26N2O3/c1-21(25)12-5-13-22-14-19(21)23-20(24)17-8-10-18(11-9-17)26-15-16-6-3-2-4-7-16/h2-4,6-11,19,22,25H,5,12-15H2,1H3,(H,23,24). The van der Waals surface area contributed by atoms with E-state index in [0.29, 0.717) is 30.9 Å². The Bertz CT molecular complexity index is 714. The molecule has 2 atom stereocenters. The lowest BCUT2D eigenvalue weighted by molar-refractivity contribution is 0.0170. The second kappa shape index (κ2) is 8.34. The molecule has 5 nitrogen and oxygen atoms in total. The quantitative estimate of drug-likeness (QED) is 0.772. The van der Waals surface area contributed by atoms with Gasteiger partial charge in [-0.3, -0.25) is 4.79 Å². The van der Waals surface area contributed by atoms with Gasteiger partial charge in [-0.05, 0) is 56.1 Å². The third-order valence-electron chi connectivity index (χ3n) is 4.81. The molecule has 0 aliphatic carbocycles. The van der Waals surface area contributed by atoms with Crippen LogP contribution >= 0.6 is 0 Å². The van der Waals surface area contributed by atoms with Gasteiger partial charge in [0.25, 0.3) is 5.91 Å². The first-order chi connectivity index (χ1) is 12.5. The Morgan fingerprint density at radius 2 is 1.96 bits per heavy atom. The van der Waals surface area contributed by atoms with Crippen molar-refractivity contribution in [3.8, 4) is 5.75 Å². The van der Waals surface area contributed by atoms with Gasteiger partial charge in [-0.15, -0.1) is 0 Å². The average molecular weight is 354 g/mol. The number of amides is 1. The van der Waals surface area contributed by atoms with Crippen LogP contribution in [0.25, 0.3) is 0 Å². The number of nitrogens with one attached hydrogen (secondary N) is 2. The summed E-state index contributed by atoms with van der Waals surface area (Å²) in [6.07, 6.45) is 1.56. The molecule has 1 aliphatic heterocycles. The molecule has 0 saturated carbocycles. The molecule has 1 amide bonds. The van der Waals surface area contributed by atoms with E-state index in [1.165, 1.54) is 0 Å². The van der Waals surface area contributed by atoms with E-state index in [4.69, 9.17) is 4.74 Å². The van der Waals surface area contributed by atoms with E-state index in [2.05, 4.69) is 10.6 Å². The third-order valence-corrected chi connectivity index (χ3v) is 4.81. The molecule has 1 saturated heterocycles. The summed E-state index contributed by atoms with van der Waals surface area (Å²) in [5, 5.41) is 16.8. The summed E-state index contributed by atoms with van der Waals surface area (Å²) in [5.41, 5.74) is 0.743. The first kappa shape index (κ1) is 18.4. The average Bonchev–Trinajstić information content (AvgIpc) is 2.82. The van der Waals surface area contributed by atoms with Gasteiger partial charge in [-0.25, -0.2) is 0 Å². The van der Waals surface area contributed by atoms with Crippen LogP contribution in [-0.2, 0) is 6.61 Å². The molecule has 0 aromatic heterocycles. The van der Waals surface area contributed by atoms with Crippen LogP contribution in [0.2, 0.25) is 0 Å². The van der Waals surface area contributed by atoms with Gasteiger partial charge in [0.05, 0.1) is 11.6 Å². The van der Waals surface area contributed by atoms with Gasteiger partial charge >= 0.3 is 0 Å². The van der Waals surface area contributed by atoms with Gasteiger partial charge in [0.15, 0.2) is 0 Å². The van der Waals surface area contributed by atoms with E-state index >= 15 is 0 Å². The Hall–Kier alpha value is -2.37. The van der Waals surface area contributed by atoms with Crippen LogP contribution in [0.15, 0.2) is 54.6 Å². The number of hydrogen-bond donors (Lipinski definition) is 3. The molecule has 5 heteroatoms. The Morgan fingerprint density at radius 1 is 1.23 bits per heavy atom. The molecule has 0 radical (unpaired) electrons. The number of carbonyl (C=O) groups excluding carboxylic acids is 1. The van der Waals surface area contributed by atoms with E-state index in [1.807, 2.05) is 30.3 Å². The first-order valence-corrected chi connectivity index (χ1v) is 9.05. The summed E-state index contributed by atoms with van der Waals surface area (Å²) in [7, 11) is 0. The minimum atomic E-state index is -0.905. The largest absolute Gasteiger partial charge is 0.489 e. The normalized spacial score (nSPS) is 23.1. The number of ether oxygens (including phenoxy) is 1. The highest BCUT2D eigenvalue weighted by molar-refractivity contribution is 5.94. The minimum Gasteiger partial charge on any atom is -0.489 e. The van der Waals surface area contributed by atoms with Crippen LogP contribution in [0.4, 0.5) is 0 Å². The van der Waals surface area contributed by atoms with Crippen LogP contribution in [0, 0.1) is 0 Å². The van der Waals surface area contributed by atoms with E-state index in [0.717, 1.165) is 18.5 Å². The van der Waals surface area contributed by atoms with Crippen LogP contribution in [0.5, 0.6) is 5.75 Å². The molecule has 2 unspecified atom stereocenters. The SMILES string of the molecule is CC1(O)CCCNCC1NC(=O)c1ccc(OCc2ccccc2)cc1. The van der Waals surface area contributed by atoms with E-state index in [9.17, 15) is 9.90 Å². The molecule has 3 rings (SSSR count). The number of benzene rings is 2. The zero-order valence-electron chi connectivity index (χ0n) is 15.1. The lowest BCUT2D eigenvalue weighted by atomic mass is 9.92. The zero-order valence-corrected chi connectivity index (χ0v) is 15.1. The lowest BCUT2D eigenvalue weighted by Crippen LogP contribution is -2.54. The van der Waals surface area contributed by atoms with Gasteiger partial charge in [0, 0.05) is 12.1 Å². The Kier molecular flexibility index (Phi) is 5.91. The summed E-state index contributed by atoms with van der Waals surface area (Å²) in [4.78, 5) is 12.5. The topological polar surface area (TPSA) is 70.6 Å². The number of hydrogen-bond acceptors (Lipinski definition) is 4. The molecule has 1 fully saturated rings. The molecule has 2 aromatic rings. The maximum Gasteiger partial charge on any atom is 0.251 e. The third kappa shape index (κ3) is 4.84. The fraction of sp³-hybridized carbons (Fsp3) is 0.381. The summed E-state index contributed by atoms with van der Waals surface area (Å²) in [6.45, 7) is 3.70. The van der Waals surface area contributed by atoms with Crippen molar-refractivity contribution >= 4 is 5.91 Å². The van der Waals surface area contributed by atoms with Crippen molar-refractivity contribution in [1.82, 2.24) is 10.6 Å². The van der Waals surface area contributed by atoms with Crippen molar-refractivity contribution in [1.29, 1.82) is 0 Å². The monoisotopic (exact) mass is 354 g/mol. The van der Waals surface area contributed by atoms with Crippen LogP contribution in [-0.4, -0.2) is 35.7 Å². The van der Waals surface area contributed by atoms with Crippen LogP contribution in [0.3, 0.4) is 0 Å². The molecular weight excluding hydrogens is 328 g/mol. The molecular formula is C21H26N2O3. The molecule has 2 aromatic carbocycles. The second-order valence-corrected chi connectivity index (χ2v) is 6.99. The van der Waals surface area contributed by atoms with Gasteiger partial charge < -0.3 is 20.5 Å².